The van der Waals surface area contributed by atoms with Crippen LogP contribution in [0.15, 0.2) is 70.7 Å². The van der Waals surface area contributed by atoms with Gasteiger partial charge in [0, 0.05) is 24.0 Å². The maximum Gasteiger partial charge on any atom is 0.267 e. The number of nitrogens with one attached hydrogen (secondary N) is 1. The van der Waals surface area contributed by atoms with Crippen molar-refractivity contribution in [1.82, 2.24) is 19.5 Å². The summed E-state index contributed by atoms with van der Waals surface area (Å²) in [5.41, 5.74) is 0.357. The smallest absolute Gasteiger partial charge is 0.267 e. The highest BCUT2D eigenvalue weighted by atomic mass is 35.5. The highest BCUT2D eigenvalue weighted by Crippen LogP contribution is 2.34. The highest BCUT2D eigenvalue weighted by Gasteiger charge is 2.25. The maximum absolute atomic E-state index is 15.5. The van der Waals surface area contributed by atoms with Gasteiger partial charge in [0.05, 0.1) is 35.1 Å². The zero-order valence-electron chi connectivity index (χ0n) is 17.7. The van der Waals surface area contributed by atoms with E-state index in [0.717, 1.165) is 18.2 Å². The van der Waals surface area contributed by atoms with Gasteiger partial charge in [-0.3, -0.25) is 4.72 Å². The molecule has 35 heavy (non-hydrogen) atoms. The van der Waals surface area contributed by atoms with E-state index in [0.29, 0.717) is 17.0 Å². The Morgan fingerprint density at radius 2 is 1.97 bits per heavy atom. The van der Waals surface area contributed by atoms with Crippen molar-refractivity contribution >= 4 is 32.8 Å². The van der Waals surface area contributed by atoms with E-state index >= 15 is 4.39 Å². The number of imidazole rings is 1. The normalized spacial score (nSPS) is 11.7. The fourth-order valence-corrected chi connectivity index (χ4v) is 4.95. The Bertz CT molecular complexity index is 1670. The second kappa shape index (κ2) is 8.64. The minimum atomic E-state index is -4.39. The number of aromatic nitrogens is 4. The van der Waals surface area contributed by atoms with Crippen LogP contribution in [0, 0.1) is 11.6 Å². The first-order chi connectivity index (χ1) is 16.8. The van der Waals surface area contributed by atoms with Crippen LogP contribution in [0.1, 0.15) is 0 Å². The number of fused-ring (bicyclic) bond motifs is 1. The lowest BCUT2D eigenvalue weighted by atomic mass is 10.0. The Balaban J connectivity index is 1.56. The summed E-state index contributed by atoms with van der Waals surface area (Å²) in [6.45, 7) is 0. The molecule has 0 amide bonds. The number of anilines is 1. The Hall–Kier alpha value is -4.03. The summed E-state index contributed by atoms with van der Waals surface area (Å²) >= 11 is 5.87. The third kappa shape index (κ3) is 4.06. The molecule has 4 aromatic heterocycles. The molecule has 0 unspecified atom stereocenters. The van der Waals surface area contributed by atoms with Gasteiger partial charge in [-0.15, -0.1) is 0 Å². The van der Waals surface area contributed by atoms with Crippen molar-refractivity contribution in [2.75, 3.05) is 11.8 Å². The van der Waals surface area contributed by atoms with Crippen molar-refractivity contribution in [3.63, 3.8) is 0 Å². The first-order valence-electron chi connectivity index (χ1n) is 9.87. The molecular weight excluding hydrogens is 504 g/mol. The van der Waals surface area contributed by atoms with Crippen LogP contribution in [-0.4, -0.2) is 35.1 Å². The molecule has 5 rings (SSSR count). The average molecular weight is 518 g/mol. The maximum atomic E-state index is 15.5. The van der Waals surface area contributed by atoms with Crippen molar-refractivity contribution in [1.29, 1.82) is 0 Å². The summed E-state index contributed by atoms with van der Waals surface area (Å²) in [5.74, 6) is -1.81. The molecule has 0 radical (unpaired) electrons. The Morgan fingerprint density at radius 3 is 2.71 bits per heavy atom. The molecule has 9 nitrogen and oxygen atoms in total. The molecule has 0 aliphatic heterocycles. The van der Waals surface area contributed by atoms with Gasteiger partial charge < -0.3 is 13.7 Å². The van der Waals surface area contributed by atoms with Gasteiger partial charge in [-0.25, -0.2) is 27.2 Å². The molecule has 0 spiro atoms. The van der Waals surface area contributed by atoms with Crippen LogP contribution >= 0.6 is 11.6 Å². The molecule has 0 aliphatic rings. The predicted octanol–water partition coefficient (Wildman–Crippen LogP) is 4.79. The minimum absolute atomic E-state index is 0.0322. The number of hydrogen-bond acceptors (Lipinski definition) is 7. The van der Waals surface area contributed by atoms with Crippen molar-refractivity contribution in [2.45, 2.75) is 4.90 Å². The lowest BCUT2D eigenvalue weighted by Gasteiger charge is -2.14. The van der Waals surface area contributed by atoms with Gasteiger partial charge in [0.15, 0.2) is 16.5 Å². The summed E-state index contributed by atoms with van der Waals surface area (Å²) in [6, 6.07) is 7.78. The molecule has 0 saturated carbocycles. The fraction of sp³-hybridized carbons (Fsp3) is 0.0455. The number of halogens is 3. The van der Waals surface area contributed by atoms with E-state index in [1.807, 2.05) is 0 Å². The topological polar surface area (TPSA) is 112 Å². The van der Waals surface area contributed by atoms with Crippen molar-refractivity contribution < 1.29 is 26.5 Å². The number of ether oxygens (including phenoxy) is 1. The third-order valence-electron chi connectivity index (χ3n) is 5.09. The van der Waals surface area contributed by atoms with Gasteiger partial charge in [-0.1, -0.05) is 22.8 Å². The molecule has 0 bridgehead atoms. The number of methoxy groups -OCH3 is 1. The molecule has 1 N–H and O–H groups in total. The quantitative estimate of drug-likeness (QED) is 0.344. The zero-order valence-corrected chi connectivity index (χ0v) is 19.3. The standard InChI is InChI=1S/C22H14ClF2N5O4S/c1-33-22-18(8-13(23)9-26-22)35(31,32)29-15-4-3-14(24)19(20(15)25)12-2-5-16-21(17-6-7-28-34-17)27-11-30(16)10-12/h2-11,29H,1H3. The van der Waals surface area contributed by atoms with Crippen LogP contribution in [-0.2, 0) is 10.0 Å². The molecule has 5 aromatic rings. The third-order valence-corrected chi connectivity index (χ3v) is 6.66. The second-order valence-electron chi connectivity index (χ2n) is 7.23. The summed E-state index contributed by atoms with van der Waals surface area (Å²) in [7, 11) is -3.16. The van der Waals surface area contributed by atoms with Crippen LogP contribution in [0.2, 0.25) is 5.02 Å². The first-order valence-corrected chi connectivity index (χ1v) is 11.7. The lowest BCUT2D eigenvalue weighted by molar-refractivity contribution is 0.385. The van der Waals surface area contributed by atoms with Gasteiger partial charge in [0.2, 0.25) is 5.88 Å². The largest absolute Gasteiger partial charge is 0.480 e. The molecule has 1 aromatic carbocycles. The van der Waals surface area contributed by atoms with Crippen LogP contribution < -0.4 is 9.46 Å². The van der Waals surface area contributed by atoms with E-state index in [9.17, 15) is 12.8 Å². The van der Waals surface area contributed by atoms with E-state index < -0.39 is 37.8 Å². The molecule has 0 atom stereocenters. The zero-order chi connectivity index (χ0) is 24.7. The number of rotatable bonds is 6. The number of benzene rings is 1. The van der Waals surface area contributed by atoms with Crippen molar-refractivity contribution in [3.05, 3.63) is 78.0 Å². The van der Waals surface area contributed by atoms with E-state index in [1.54, 1.807) is 16.5 Å². The van der Waals surface area contributed by atoms with Crippen LogP contribution in [0.4, 0.5) is 14.5 Å². The van der Waals surface area contributed by atoms with Crippen LogP contribution in [0.25, 0.3) is 28.1 Å². The summed E-state index contributed by atoms with van der Waals surface area (Å²) in [6.07, 6.45) is 5.60. The molecule has 0 fully saturated rings. The molecule has 0 saturated heterocycles. The number of nitrogens with zero attached hydrogens (tertiary/aromatic N) is 4. The van der Waals surface area contributed by atoms with Crippen LogP contribution in [0.3, 0.4) is 0 Å². The monoisotopic (exact) mass is 517 g/mol. The summed E-state index contributed by atoms with van der Waals surface area (Å²) in [4.78, 5) is 7.67. The minimum Gasteiger partial charge on any atom is -0.480 e. The first kappa shape index (κ1) is 22.7. The van der Waals surface area contributed by atoms with Crippen molar-refractivity contribution in [2.24, 2.45) is 0 Å². The van der Waals surface area contributed by atoms with Gasteiger partial charge in [-0.2, -0.15) is 0 Å². The molecule has 0 aliphatic carbocycles. The molecule has 178 valence electrons. The molecule has 4 heterocycles. The van der Waals surface area contributed by atoms with Gasteiger partial charge in [0.1, 0.15) is 17.8 Å². The molecule has 13 heteroatoms. The Morgan fingerprint density at radius 1 is 1.14 bits per heavy atom. The fourth-order valence-electron chi connectivity index (χ4n) is 3.53. The van der Waals surface area contributed by atoms with E-state index in [-0.39, 0.29) is 16.5 Å². The predicted molar refractivity (Wildman–Crippen MR) is 123 cm³/mol. The van der Waals surface area contributed by atoms with Gasteiger partial charge in [-0.05, 0) is 24.3 Å². The van der Waals surface area contributed by atoms with E-state index in [4.69, 9.17) is 20.9 Å². The number of sulfonamides is 1. The highest BCUT2D eigenvalue weighted by molar-refractivity contribution is 7.92. The Labute approximate surface area is 202 Å². The molecular formula is C22H14ClF2N5O4S. The average Bonchev–Trinajstić information content (AvgIpc) is 3.50. The number of hydrogen-bond donors (Lipinski definition) is 1. The van der Waals surface area contributed by atoms with Crippen molar-refractivity contribution in [3.8, 4) is 28.5 Å². The lowest BCUT2D eigenvalue weighted by Crippen LogP contribution is -2.16. The SMILES string of the molecule is COc1ncc(Cl)cc1S(=O)(=O)Nc1ccc(F)c(-c2ccc3c(-c4ccno4)ncn3c2)c1F. The number of pyridine rings is 2. The summed E-state index contributed by atoms with van der Waals surface area (Å²) < 4.78 is 69.9. The second-order valence-corrected chi connectivity index (χ2v) is 9.32. The van der Waals surface area contributed by atoms with Gasteiger partial charge in [0.25, 0.3) is 10.0 Å². The summed E-state index contributed by atoms with van der Waals surface area (Å²) in [5, 5.41) is 3.68. The van der Waals surface area contributed by atoms with Gasteiger partial charge >= 0.3 is 0 Å². The van der Waals surface area contributed by atoms with E-state index in [2.05, 4.69) is 19.8 Å². The Kier molecular flexibility index (Phi) is 5.61. The van der Waals surface area contributed by atoms with E-state index in [1.165, 1.54) is 38.1 Å². The van der Waals surface area contributed by atoms with Crippen LogP contribution in [0.5, 0.6) is 5.88 Å².